The predicted molar refractivity (Wildman–Crippen MR) is 49.4 cm³/mol. The zero-order valence-corrected chi connectivity index (χ0v) is 7.48. The molecule has 0 heterocycles. The number of carbonyl (C=O) groups is 2. The Balaban J connectivity index is 2.68. The van der Waals surface area contributed by atoms with Crippen LogP contribution in [0.1, 0.15) is 6.92 Å². The Bertz CT molecular complexity index is 309. The van der Waals surface area contributed by atoms with Crippen molar-refractivity contribution < 1.29 is 19.4 Å². The lowest BCUT2D eigenvalue weighted by molar-refractivity contribution is -0.114. The monoisotopic (exact) mass is 195 g/mol. The third-order valence-corrected chi connectivity index (χ3v) is 1.38. The third kappa shape index (κ3) is 3.14. The standard InChI is InChI=1S/C9H9NO4/c1-6(11)10-7-2-4-8(5-3-7)14-9(12)13/h2-5H,1H3,(H,10,11)(H,12,13). The maximum absolute atomic E-state index is 10.6. The van der Waals surface area contributed by atoms with Crippen LogP contribution in [0.15, 0.2) is 24.3 Å². The van der Waals surface area contributed by atoms with E-state index < -0.39 is 6.16 Å². The Morgan fingerprint density at radius 3 is 2.29 bits per heavy atom. The zero-order valence-electron chi connectivity index (χ0n) is 7.48. The summed E-state index contributed by atoms with van der Waals surface area (Å²) in [5.41, 5.74) is 0.593. The first-order valence-corrected chi connectivity index (χ1v) is 3.86. The fraction of sp³-hybridized carbons (Fsp3) is 0.111. The third-order valence-electron chi connectivity index (χ3n) is 1.38. The van der Waals surface area contributed by atoms with E-state index in [2.05, 4.69) is 10.1 Å². The number of hydrogen-bond acceptors (Lipinski definition) is 3. The lowest BCUT2D eigenvalue weighted by Gasteiger charge is -2.02. The molecule has 1 amide bonds. The molecule has 1 aromatic rings. The van der Waals surface area contributed by atoms with E-state index in [1.807, 2.05) is 0 Å². The highest BCUT2D eigenvalue weighted by atomic mass is 16.7. The summed E-state index contributed by atoms with van der Waals surface area (Å²) >= 11 is 0. The first-order chi connectivity index (χ1) is 6.58. The first-order valence-electron chi connectivity index (χ1n) is 3.86. The molecule has 0 saturated heterocycles. The van der Waals surface area contributed by atoms with E-state index in [1.54, 1.807) is 12.1 Å². The molecule has 5 heteroatoms. The van der Waals surface area contributed by atoms with Gasteiger partial charge in [-0.1, -0.05) is 0 Å². The molecule has 14 heavy (non-hydrogen) atoms. The van der Waals surface area contributed by atoms with Crippen molar-refractivity contribution in [2.75, 3.05) is 5.32 Å². The van der Waals surface area contributed by atoms with E-state index in [1.165, 1.54) is 19.1 Å². The summed E-state index contributed by atoms with van der Waals surface area (Å²) in [5, 5.41) is 10.8. The Kier molecular flexibility index (Phi) is 3.06. The van der Waals surface area contributed by atoms with Gasteiger partial charge in [0, 0.05) is 12.6 Å². The van der Waals surface area contributed by atoms with Crippen molar-refractivity contribution >= 4 is 17.7 Å². The number of carboxylic acid groups (broad SMARTS) is 1. The van der Waals surface area contributed by atoms with Crippen molar-refractivity contribution in [3.05, 3.63) is 24.3 Å². The Morgan fingerprint density at radius 2 is 1.86 bits per heavy atom. The van der Waals surface area contributed by atoms with E-state index in [0.717, 1.165) is 0 Å². The van der Waals surface area contributed by atoms with Crippen LogP contribution >= 0.6 is 0 Å². The summed E-state index contributed by atoms with van der Waals surface area (Å²) in [6.07, 6.45) is -1.36. The van der Waals surface area contributed by atoms with Gasteiger partial charge in [-0.2, -0.15) is 0 Å². The molecule has 0 unspecified atom stereocenters. The lowest BCUT2D eigenvalue weighted by atomic mass is 10.3. The number of rotatable bonds is 2. The van der Waals surface area contributed by atoms with Crippen LogP contribution in [-0.2, 0) is 4.79 Å². The number of amides is 1. The van der Waals surface area contributed by atoms with Gasteiger partial charge in [-0.05, 0) is 24.3 Å². The maximum atomic E-state index is 10.6. The Morgan fingerprint density at radius 1 is 1.29 bits per heavy atom. The van der Waals surface area contributed by atoms with Gasteiger partial charge in [-0.3, -0.25) is 4.79 Å². The fourth-order valence-corrected chi connectivity index (χ4v) is 0.910. The normalized spacial score (nSPS) is 9.21. The molecular formula is C9H9NO4. The molecule has 0 aliphatic heterocycles. The number of ether oxygens (including phenoxy) is 1. The van der Waals surface area contributed by atoms with Crippen LogP contribution in [0.5, 0.6) is 5.75 Å². The smallest absolute Gasteiger partial charge is 0.449 e. The highest BCUT2D eigenvalue weighted by Crippen LogP contribution is 2.15. The second kappa shape index (κ2) is 4.27. The highest BCUT2D eigenvalue weighted by Gasteiger charge is 2.00. The van der Waals surface area contributed by atoms with Crippen molar-refractivity contribution in [2.24, 2.45) is 0 Å². The number of benzene rings is 1. The first kappa shape index (κ1) is 10.0. The van der Waals surface area contributed by atoms with Crippen molar-refractivity contribution in [1.29, 1.82) is 0 Å². The second-order valence-corrected chi connectivity index (χ2v) is 2.57. The average Bonchev–Trinajstić information content (AvgIpc) is 2.06. The molecule has 0 aliphatic carbocycles. The summed E-state index contributed by atoms with van der Waals surface area (Å²) in [7, 11) is 0. The van der Waals surface area contributed by atoms with E-state index in [0.29, 0.717) is 5.69 Å². The SMILES string of the molecule is CC(=O)Nc1ccc(OC(=O)O)cc1. The van der Waals surface area contributed by atoms with Gasteiger partial charge < -0.3 is 15.2 Å². The summed E-state index contributed by atoms with van der Waals surface area (Å²) in [5.74, 6) is 0.0310. The molecule has 0 atom stereocenters. The molecule has 1 rings (SSSR count). The minimum Gasteiger partial charge on any atom is -0.449 e. The van der Waals surface area contributed by atoms with Gasteiger partial charge >= 0.3 is 6.16 Å². The Labute approximate surface area is 80.3 Å². The quantitative estimate of drug-likeness (QED) is 0.556. The molecule has 0 fully saturated rings. The highest BCUT2D eigenvalue weighted by molar-refractivity contribution is 5.88. The molecule has 0 radical (unpaired) electrons. The van der Waals surface area contributed by atoms with Crippen LogP contribution in [0, 0.1) is 0 Å². The topological polar surface area (TPSA) is 75.6 Å². The molecule has 1 aromatic carbocycles. The molecule has 0 spiro atoms. The molecule has 0 saturated carbocycles. The number of carbonyl (C=O) groups excluding carboxylic acids is 1. The predicted octanol–water partition coefficient (Wildman–Crippen LogP) is 1.70. The molecule has 0 aromatic heterocycles. The van der Waals surface area contributed by atoms with E-state index in [4.69, 9.17) is 5.11 Å². The molecular weight excluding hydrogens is 186 g/mol. The van der Waals surface area contributed by atoms with Gasteiger partial charge in [0.2, 0.25) is 5.91 Å². The largest absolute Gasteiger partial charge is 0.511 e. The number of nitrogens with one attached hydrogen (secondary N) is 1. The van der Waals surface area contributed by atoms with Crippen LogP contribution in [0.4, 0.5) is 10.5 Å². The van der Waals surface area contributed by atoms with Crippen molar-refractivity contribution in [3.63, 3.8) is 0 Å². The van der Waals surface area contributed by atoms with E-state index in [9.17, 15) is 9.59 Å². The summed E-state index contributed by atoms with van der Waals surface area (Å²) < 4.78 is 4.38. The van der Waals surface area contributed by atoms with Crippen LogP contribution in [0.2, 0.25) is 0 Å². The second-order valence-electron chi connectivity index (χ2n) is 2.57. The van der Waals surface area contributed by atoms with E-state index in [-0.39, 0.29) is 11.7 Å². The molecule has 74 valence electrons. The number of hydrogen-bond donors (Lipinski definition) is 2. The van der Waals surface area contributed by atoms with Gasteiger partial charge in [-0.25, -0.2) is 4.79 Å². The van der Waals surface area contributed by atoms with Gasteiger partial charge in [0.05, 0.1) is 0 Å². The van der Waals surface area contributed by atoms with Crippen molar-refractivity contribution in [1.82, 2.24) is 0 Å². The maximum Gasteiger partial charge on any atom is 0.511 e. The summed E-state index contributed by atoms with van der Waals surface area (Å²) in [6.45, 7) is 1.39. The zero-order chi connectivity index (χ0) is 10.6. The molecule has 0 aliphatic rings. The minimum absolute atomic E-state index is 0.183. The van der Waals surface area contributed by atoms with Crippen LogP contribution < -0.4 is 10.1 Å². The lowest BCUT2D eigenvalue weighted by Crippen LogP contribution is -2.06. The molecule has 5 nitrogen and oxygen atoms in total. The van der Waals surface area contributed by atoms with Gasteiger partial charge in [0.25, 0.3) is 0 Å². The average molecular weight is 195 g/mol. The van der Waals surface area contributed by atoms with Gasteiger partial charge in [0.1, 0.15) is 5.75 Å². The van der Waals surface area contributed by atoms with E-state index >= 15 is 0 Å². The van der Waals surface area contributed by atoms with Crippen LogP contribution in [0.25, 0.3) is 0 Å². The summed E-state index contributed by atoms with van der Waals surface area (Å²) in [6, 6.07) is 6.03. The number of anilines is 1. The Hall–Kier alpha value is -2.04. The van der Waals surface area contributed by atoms with Crippen LogP contribution in [0.3, 0.4) is 0 Å². The van der Waals surface area contributed by atoms with Crippen LogP contribution in [-0.4, -0.2) is 17.2 Å². The molecule has 2 N–H and O–H groups in total. The van der Waals surface area contributed by atoms with Crippen molar-refractivity contribution in [3.8, 4) is 5.75 Å². The fourth-order valence-electron chi connectivity index (χ4n) is 0.910. The van der Waals surface area contributed by atoms with Gasteiger partial charge in [0.15, 0.2) is 0 Å². The van der Waals surface area contributed by atoms with Crippen molar-refractivity contribution in [2.45, 2.75) is 6.92 Å². The summed E-state index contributed by atoms with van der Waals surface area (Å²) in [4.78, 5) is 20.8. The van der Waals surface area contributed by atoms with Gasteiger partial charge in [-0.15, -0.1) is 0 Å². The minimum atomic E-state index is -1.36. The molecule has 0 bridgehead atoms.